The van der Waals surface area contributed by atoms with E-state index in [4.69, 9.17) is 5.73 Å². The summed E-state index contributed by atoms with van der Waals surface area (Å²) in [6.07, 6.45) is 4.75. The summed E-state index contributed by atoms with van der Waals surface area (Å²) in [5, 5.41) is 19.3. The van der Waals surface area contributed by atoms with Crippen LogP contribution in [0.15, 0.2) is 64.6 Å². The molecule has 31 heavy (non-hydrogen) atoms. The highest BCUT2D eigenvalue weighted by Crippen LogP contribution is 2.20. The van der Waals surface area contributed by atoms with Crippen LogP contribution in [0.5, 0.6) is 0 Å². The summed E-state index contributed by atoms with van der Waals surface area (Å²) in [6, 6.07) is 13.2. The van der Waals surface area contributed by atoms with Gasteiger partial charge in [0.1, 0.15) is 0 Å². The van der Waals surface area contributed by atoms with E-state index >= 15 is 0 Å². The maximum absolute atomic E-state index is 12.8. The van der Waals surface area contributed by atoms with Crippen LogP contribution in [-0.4, -0.2) is 49.5 Å². The third-order valence-corrected chi connectivity index (χ3v) is 4.34. The van der Waals surface area contributed by atoms with E-state index in [0.717, 1.165) is 11.3 Å². The Morgan fingerprint density at radius 2 is 2.00 bits per heavy atom. The molecule has 3 heterocycles. The van der Waals surface area contributed by atoms with Crippen LogP contribution in [0.1, 0.15) is 21.7 Å². The van der Waals surface area contributed by atoms with Crippen molar-refractivity contribution in [2.24, 2.45) is 5.10 Å². The molecule has 0 bridgehead atoms. The van der Waals surface area contributed by atoms with E-state index in [1.165, 1.54) is 10.9 Å². The first-order valence-electron chi connectivity index (χ1n) is 9.16. The van der Waals surface area contributed by atoms with Crippen LogP contribution in [0.4, 0.5) is 11.5 Å². The minimum Gasteiger partial charge on any atom is -0.378 e. The Balaban J connectivity index is 1.62. The van der Waals surface area contributed by atoms with Crippen LogP contribution in [0.3, 0.4) is 0 Å². The van der Waals surface area contributed by atoms with E-state index in [0.29, 0.717) is 5.69 Å². The lowest BCUT2D eigenvalue weighted by molar-refractivity contribution is 0.0949. The van der Waals surface area contributed by atoms with Crippen molar-refractivity contribution in [1.29, 1.82) is 0 Å². The highest BCUT2D eigenvalue weighted by atomic mass is 16.6. The normalized spacial score (nSPS) is 11.0. The zero-order valence-corrected chi connectivity index (χ0v) is 16.5. The van der Waals surface area contributed by atoms with Gasteiger partial charge in [-0.1, -0.05) is 23.4 Å². The second-order valence-corrected chi connectivity index (χ2v) is 6.44. The zero-order valence-electron chi connectivity index (χ0n) is 16.5. The predicted molar refractivity (Wildman–Crippen MR) is 111 cm³/mol. The number of nitrogen functional groups attached to an aromatic ring is 1. The second-order valence-electron chi connectivity index (χ2n) is 6.44. The van der Waals surface area contributed by atoms with Gasteiger partial charge in [-0.3, -0.25) is 9.78 Å². The monoisotopic (exact) mass is 418 g/mol. The molecule has 4 rings (SSSR count). The van der Waals surface area contributed by atoms with Crippen LogP contribution in [-0.2, 0) is 6.54 Å². The number of anilines is 2. The first kappa shape index (κ1) is 19.7. The Bertz CT molecular complexity index is 1190. The van der Waals surface area contributed by atoms with E-state index in [9.17, 15) is 4.79 Å². The van der Waals surface area contributed by atoms with Gasteiger partial charge in [-0.15, -0.1) is 5.10 Å². The molecule has 0 aliphatic carbocycles. The fourth-order valence-electron chi connectivity index (χ4n) is 2.79. The number of hydrogen-bond acceptors (Lipinski definition) is 10. The van der Waals surface area contributed by atoms with Crippen LogP contribution in [0, 0.1) is 0 Å². The number of nitrogens with one attached hydrogen (secondary N) is 1. The van der Waals surface area contributed by atoms with Crippen molar-refractivity contribution in [3.05, 3.63) is 71.8 Å². The van der Waals surface area contributed by atoms with Gasteiger partial charge in [0.05, 0.1) is 18.5 Å². The number of aromatic nitrogens is 6. The largest absolute Gasteiger partial charge is 0.378 e. The molecule has 0 radical (unpaired) electrons. The first-order chi connectivity index (χ1) is 15.1. The Kier molecular flexibility index (Phi) is 5.60. The molecule has 12 heteroatoms. The summed E-state index contributed by atoms with van der Waals surface area (Å²) in [5.41, 5.74) is 10.5. The topological polar surface area (TPSA) is 153 Å². The fourth-order valence-corrected chi connectivity index (χ4v) is 2.79. The van der Waals surface area contributed by atoms with E-state index in [2.05, 4.69) is 40.8 Å². The van der Waals surface area contributed by atoms with Crippen molar-refractivity contribution in [1.82, 2.24) is 35.7 Å². The minimum atomic E-state index is -0.539. The molecule has 1 aromatic carbocycles. The van der Waals surface area contributed by atoms with Gasteiger partial charge in [0, 0.05) is 25.1 Å². The van der Waals surface area contributed by atoms with Crippen molar-refractivity contribution in [3.63, 3.8) is 0 Å². The van der Waals surface area contributed by atoms with Crippen LogP contribution < -0.4 is 16.1 Å². The van der Waals surface area contributed by atoms with Crippen molar-refractivity contribution < 1.29 is 9.42 Å². The Morgan fingerprint density at radius 1 is 1.23 bits per heavy atom. The molecule has 0 atom stereocenters. The molecule has 1 amide bonds. The lowest BCUT2D eigenvalue weighted by Crippen LogP contribution is -2.24. The number of hydrazone groups is 1. The third kappa shape index (κ3) is 4.37. The Morgan fingerprint density at radius 3 is 2.71 bits per heavy atom. The van der Waals surface area contributed by atoms with Crippen LogP contribution in [0.25, 0.3) is 5.82 Å². The number of carbonyl (C=O) groups excluding carboxylic acids is 1. The first-order valence-corrected chi connectivity index (χ1v) is 9.16. The summed E-state index contributed by atoms with van der Waals surface area (Å²) in [5.74, 6) is -0.373. The standard InChI is InChI=1S/C19H18N10O2/c1-28(14-5-3-2-4-6-14)12-15-16(23-27-29(15)18-17(20)25-31-26-18)19(30)24-22-11-13-7-9-21-10-8-13/h2-11H,12H2,1H3,(H2,20,25)(H,24,30)/b22-11+. The van der Waals surface area contributed by atoms with E-state index < -0.39 is 5.91 Å². The molecule has 0 fully saturated rings. The number of para-hydroxylation sites is 1. The lowest BCUT2D eigenvalue weighted by Gasteiger charge is -2.19. The van der Waals surface area contributed by atoms with E-state index in [-0.39, 0.29) is 23.9 Å². The molecular weight excluding hydrogens is 400 g/mol. The highest BCUT2D eigenvalue weighted by Gasteiger charge is 2.25. The van der Waals surface area contributed by atoms with Gasteiger partial charge in [-0.25, -0.2) is 10.1 Å². The van der Waals surface area contributed by atoms with Crippen LogP contribution >= 0.6 is 0 Å². The summed E-state index contributed by atoms with van der Waals surface area (Å²) in [6.45, 7) is 0.278. The number of hydrogen-bond donors (Lipinski definition) is 2. The molecule has 3 N–H and O–H groups in total. The maximum atomic E-state index is 12.8. The Hall–Kier alpha value is -4.61. The molecule has 4 aromatic rings. The smallest absolute Gasteiger partial charge is 0.293 e. The van der Waals surface area contributed by atoms with Crippen molar-refractivity contribution in [3.8, 4) is 5.82 Å². The summed E-state index contributed by atoms with van der Waals surface area (Å²) >= 11 is 0. The maximum Gasteiger partial charge on any atom is 0.293 e. The van der Waals surface area contributed by atoms with Gasteiger partial charge < -0.3 is 10.6 Å². The van der Waals surface area contributed by atoms with Gasteiger partial charge in [0.2, 0.25) is 11.6 Å². The minimum absolute atomic E-state index is 0.0242. The van der Waals surface area contributed by atoms with E-state index in [1.807, 2.05) is 42.3 Å². The second kappa shape index (κ2) is 8.82. The number of amides is 1. The number of rotatable bonds is 7. The molecular formula is C19H18N10O2. The average Bonchev–Trinajstić information content (AvgIpc) is 3.40. The van der Waals surface area contributed by atoms with Gasteiger partial charge in [-0.05, 0) is 40.1 Å². The lowest BCUT2D eigenvalue weighted by atomic mass is 10.2. The molecule has 0 unspecified atom stereocenters. The van der Waals surface area contributed by atoms with Crippen molar-refractivity contribution in [2.45, 2.75) is 6.54 Å². The number of benzene rings is 1. The fraction of sp³-hybridized carbons (Fsp3) is 0.105. The predicted octanol–water partition coefficient (Wildman–Crippen LogP) is 1.03. The Labute approximate surface area is 176 Å². The molecule has 0 saturated carbocycles. The van der Waals surface area contributed by atoms with Gasteiger partial charge in [0.25, 0.3) is 5.91 Å². The average molecular weight is 418 g/mol. The number of nitrogens with two attached hydrogens (primary N) is 1. The number of pyridine rings is 1. The summed E-state index contributed by atoms with van der Waals surface area (Å²) in [4.78, 5) is 18.6. The van der Waals surface area contributed by atoms with E-state index in [1.54, 1.807) is 24.5 Å². The van der Waals surface area contributed by atoms with Crippen LogP contribution in [0.2, 0.25) is 0 Å². The third-order valence-electron chi connectivity index (χ3n) is 4.34. The summed E-state index contributed by atoms with van der Waals surface area (Å²) in [7, 11) is 1.88. The summed E-state index contributed by atoms with van der Waals surface area (Å²) < 4.78 is 6.00. The zero-order chi connectivity index (χ0) is 21.6. The highest BCUT2D eigenvalue weighted by molar-refractivity contribution is 5.94. The van der Waals surface area contributed by atoms with Crippen molar-refractivity contribution >= 4 is 23.6 Å². The molecule has 156 valence electrons. The molecule has 12 nitrogen and oxygen atoms in total. The molecule has 0 spiro atoms. The molecule has 0 saturated heterocycles. The quantitative estimate of drug-likeness (QED) is 0.331. The molecule has 0 aliphatic heterocycles. The molecule has 0 aliphatic rings. The molecule has 3 aromatic heterocycles. The number of nitrogens with zero attached hydrogens (tertiary/aromatic N) is 8. The SMILES string of the molecule is CN(Cc1c(C(=O)N/N=C/c2ccncc2)nnn1-c1nonc1N)c1ccccc1. The van der Waals surface area contributed by atoms with Crippen molar-refractivity contribution in [2.75, 3.05) is 17.7 Å². The van der Waals surface area contributed by atoms with Gasteiger partial charge >= 0.3 is 0 Å². The number of carbonyl (C=O) groups is 1. The van der Waals surface area contributed by atoms with Gasteiger partial charge in [-0.2, -0.15) is 9.78 Å². The van der Waals surface area contributed by atoms with Gasteiger partial charge in [0.15, 0.2) is 5.69 Å².